The maximum Gasteiger partial charge on any atom is 0.259 e. The van der Waals surface area contributed by atoms with Crippen LogP contribution in [0.1, 0.15) is 5.56 Å². The summed E-state index contributed by atoms with van der Waals surface area (Å²) in [6, 6.07) is 15.4. The van der Waals surface area contributed by atoms with Gasteiger partial charge in [0.25, 0.3) is 5.89 Å². The molecular weight excluding hydrogens is 260 g/mol. The highest BCUT2D eigenvalue weighted by Crippen LogP contribution is 2.28. The zero-order valence-electron chi connectivity index (χ0n) is 10.3. The number of aryl methyl sites for hydroxylation is 1. The Morgan fingerprint density at radius 1 is 1.05 bits per heavy atom. The lowest BCUT2D eigenvalue weighted by Crippen LogP contribution is -1.82. The third-order valence-electron chi connectivity index (χ3n) is 2.81. The Morgan fingerprint density at radius 3 is 2.68 bits per heavy atom. The number of halogens is 1. The minimum atomic E-state index is 0.433. The number of hydrogen-bond acceptors (Lipinski definition) is 3. The van der Waals surface area contributed by atoms with E-state index in [0.29, 0.717) is 16.7 Å². The van der Waals surface area contributed by atoms with Gasteiger partial charge in [-0.15, -0.1) is 0 Å². The fourth-order valence-corrected chi connectivity index (χ4v) is 2.09. The van der Waals surface area contributed by atoms with Gasteiger partial charge in [0.1, 0.15) is 0 Å². The summed E-state index contributed by atoms with van der Waals surface area (Å²) in [7, 11) is 0. The zero-order chi connectivity index (χ0) is 13.2. The van der Waals surface area contributed by atoms with Crippen LogP contribution in [0.15, 0.2) is 53.1 Å². The first-order valence-electron chi connectivity index (χ1n) is 5.90. The molecule has 94 valence electrons. The van der Waals surface area contributed by atoms with Crippen LogP contribution in [0.25, 0.3) is 22.8 Å². The van der Waals surface area contributed by atoms with Gasteiger partial charge in [-0.2, -0.15) is 4.98 Å². The van der Waals surface area contributed by atoms with E-state index in [2.05, 4.69) is 10.1 Å². The van der Waals surface area contributed by atoms with Crippen LogP contribution in [0.5, 0.6) is 0 Å². The third kappa shape index (κ3) is 2.37. The van der Waals surface area contributed by atoms with Gasteiger partial charge in [0.05, 0.1) is 10.6 Å². The van der Waals surface area contributed by atoms with Gasteiger partial charge in [0.2, 0.25) is 5.82 Å². The van der Waals surface area contributed by atoms with E-state index in [0.717, 1.165) is 16.7 Å². The van der Waals surface area contributed by atoms with E-state index in [-0.39, 0.29) is 0 Å². The van der Waals surface area contributed by atoms with Gasteiger partial charge in [-0.25, -0.2) is 0 Å². The molecule has 0 N–H and O–H groups in total. The second-order valence-corrected chi connectivity index (χ2v) is 4.68. The van der Waals surface area contributed by atoms with Crippen molar-refractivity contribution in [3.63, 3.8) is 0 Å². The summed E-state index contributed by atoms with van der Waals surface area (Å²) in [6.07, 6.45) is 0. The number of aromatic nitrogens is 2. The topological polar surface area (TPSA) is 38.9 Å². The van der Waals surface area contributed by atoms with E-state index < -0.39 is 0 Å². The minimum absolute atomic E-state index is 0.433. The van der Waals surface area contributed by atoms with Crippen molar-refractivity contribution in [2.75, 3.05) is 0 Å². The normalized spacial score (nSPS) is 10.6. The molecule has 3 nitrogen and oxygen atoms in total. The van der Waals surface area contributed by atoms with Crippen LogP contribution >= 0.6 is 11.6 Å². The third-order valence-corrected chi connectivity index (χ3v) is 3.14. The Hall–Kier alpha value is -2.13. The first-order valence-corrected chi connectivity index (χ1v) is 6.27. The van der Waals surface area contributed by atoms with Gasteiger partial charge in [0, 0.05) is 5.56 Å². The number of nitrogens with zero attached hydrogens (tertiary/aromatic N) is 2. The Labute approximate surface area is 115 Å². The van der Waals surface area contributed by atoms with Crippen LogP contribution in [0.2, 0.25) is 5.02 Å². The van der Waals surface area contributed by atoms with E-state index in [9.17, 15) is 0 Å². The van der Waals surface area contributed by atoms with Crippen LogP contribution in [0, 0.1) is 6.92 Å². The van der Waals surface area contributed by atoms with Gasteiger partial charge in [-0.05, 0) is 25.1 Å². The molecule has 0 bridgehead atoms. The summed E-state index contributed by atoms with van der Waals surface area (Å²) in [6.45, 7) is 2.03. The highest BCUT2D eigenvalue weighted by Gasteiger charge is 2.12. The molecule has 0 amide bonds. The molecule has 2 aromatic carbocycles. The van der Waals surface area contributed by atoms with Crippen molar-refractivity contribution in [1.82, 2.24) is 10.1 Å². The van der Waals surface area contributed by atoms with E-state index in [1.54, 1.807) is 6.07 Å². The van der Waals surface area contributed by atoms with Crippen molar-refractivity contribution in [2.45, 2.75) is 6.92 Å². The highest BCUT2D eigenvalue weighted by atomic mass is 35.5. The van der Waals surface area contributed by atoms with Gasteiger partial charge in [-0.3, -0.25) is 0 Å². The lowest BCUT2D eigenvalue weighted by Gasteiger charge is -1.96. The van der Waals surface area contributed by atoms with Crippen molar-refractivity contribution < 1.29 is 4.52 Å². The first-order chi connectivity index (χ1) is 9.24. The predicted molar refractivity (Wildman–Crippen MR) is 74.9 cm³/mol. The summed E-state index contributed by atoms with van der Waals surface area (Å²) >= 11 is 6.11. The van der Waals surface area contributed by atoms with Crippen molar-refractivity contribution >= 4 is 11.6 Å². The summed E-state index contributed by atoms with van der Waals surface area (Å²) in [5.74, 6) is 1.00. The predicted octanol–water partition coefficient (Wildman–Crippen LogP) is 4.37. The fraction of sp³-hybridized carbons (Fsp3) is 0.0667. The summed E-state index contributed by atoms with van der Waals surface area (Å²) in [5, 5.41) is 4.60. The number of rotatable bonds is 2. The van der Waals surface area contributed by atoms with Crippen molar-refractivity contribution in [1.29, 1.82) is 0 Å². The van der Waals surface area contributed by atoms with Gasteiger partial charge < -0.3 is 4.52 Å². The van der Waals surface area contributed by atoms with Crippen LogP contribution < -0.4 is 0 Å². The smallest absolute Gasteiger partial charge is 0.259 e. The molecule has 0 aliphatic heterocycles. The van der Waals surface area contributed by atoms with Crippen molar-refractivity contribution in [3.8, 4) is 22.8 Å². The van der Waals surface area contributed by atoms with Crippen LogP contribution in [0.4, 0.5) is 0 Å². The average Bonchev–Trinajstić information content (AvgIpc) is 2.89. The van der Waals surface area contributed by atoms with Crippen LogP contribution in [-0.2, 0) is 0 Å². The SMILES string of the molecule is Cc1cccc(-c2noc(-c3ccccc3Cl)n2)c1. The fourth-order valence-electron chi connectivity index (χ4n) is 1.87. The molecule has 0 saturated heterocycles. The molecule has 0 radical (unpaired) electrons. The van der Waals surface area contributed by atoms with Crippen molar-refractivity contribution in [3.05, 3.63) is 59.1 Å². The van der Waals surface area contributed by atoms with Crippen LogP contribution in [0.3, 0.4) is 0 Å². The van der Waals surface area contributed by atoms with E-state index >= 15 is 0 Å². The van der Waals surface area contributed by atoms with Gasteiger partial charge >= 0.3 is 0 Å². The second kappa shape index (κ2) is 4.86. The van der Waals surface area contributed by atoms with Crippen LogP contribution in [-0.4, -0.2) is 10.1 Å². The van der Waals surface area contributed by atoms with Gasteiger partial charge in [0.15, 0.2) is 0 Å². The molecule has 3 aromatic rings. The van der Waals surface area contributed by atoms with Gasteiger partial charge in [-0.1, -0.05) is 52.7 Å². The molecule has 0 atom stereocenters. The summed E-state index contributed by atoms with van der Waals surface area (Å²) in [4.78, 5) is 4.39. The van der Waals surface area contributed by atoms with Crippen molar-refractivity contribution in [2.24, 2.45) is 0 Å². The lowest BCUT2D eigenvalue weighted by molar-refractivity contribution is 0.432. The zero-order valence-corrected chi connectivity index (χ0v) is 11.1. The first kappa shape index (κ1) is 11.9. The maximum atomic E-state index is 6.11. The van der Waals surface area contributed by atoms with E-state index in [4.69, 9.17) is 16.1 Å². The standard InChI is InChI=1S/C15H11ClN2O/c1-10-5-4-6-11(9-10)14-17-15(19-18-14)12-7-2-3-8-13(12)16/h2-9H,1H3. The molecular formula is C15H11ClN2O. The summed E-state index contributed by atoms with van der Waals surface area (Å²) < 4.78 is 5.28. The molecule has 3 rings (SSSR count). The Morgan fingerprint density at radius 2 is 1.89 bits per heavy atom. The lowest BCUT2D eigenvalue weighted by atomic mass is 10.1. The van der Waals surface area contributed by atoms with E-state index in [1.165, 1.54) is 0 Å². The quantitative estimate of drug-likeness (QED) is 0.694. The molecule has 0 aliphatic rings. The second-order valence-electron chi connectivity index (χ2n) is 4.27. The Balaban J connectivity index is 2.03. The molecule has 1 heterocycles. The minimum Gasteiger partial charge on any atom is -0.334 e. The molecule has 4 heteroatoms. The number of hydrogen-bond donors (Lipinski definition) is 0. The molecule has 0 unspecified atom stereocenters. The molecule has 0 spiro atoms. The Bertz CT molecular complexity index is 721. The molecule has 0 fully saturated rings. The largest absolute Gasteiger partial charge is 0.334 e. The monoisotopic (exact) mass is 270 g/mol. The summed E-state index contributed by atoms with van der Waals surface area (Å²) in [5.41, 5.74) is 2.83. The maximum absolute atomic E-state index is 6.11. The van der Waals surface area contributed by atoms with E-state index in [1.807, 2.05) is 49.4 Å². The average molecular weight is 271 g/mol. The molecule has 19 heavy (non-hydrogen) atoms. The highest BCUT2D eigenvalue weighted by molar-refractivity contribution is 6.33. The Kier molecular flexibility index (Phi) is 3.05. The number of benzene rings is 2. The molecule has 0 saturated carbocycles. The molecule has 1 aromatic heterocycles. The molecule has 0 aliphatic carbocycles.